The Morgan fingerprint density at radius 1 is 0.452 bits per heavy atom. The quantitative estimate of drug-likeness (QED) is 0.168. The minimum atomic E-state index is -4.72. The number of nitrogens with zero attached hydrogens (tertiary/aromatic N) is 10. The average Bonchev–Trinajstić information content (AvgIpc) is 3.77. The summed E-state index contributed by atoms with van der Waals surface area (Å²) in [5.74, 6) is 3.38. The van der Waals surface area contributed by atoms with Gasteiger partial charge >= 0.3 is 6.18 Å². The third kappa shape index (κ3) is 6.26. The first-order valence-corrected chi connectivity index (χ1v) is 19.6. The molecular weight excluding hydrogens is 786 g/mol. The van der Waals surface area contributed by atoms with Gasteiger partial charge in [-0.25, -0.2) is 29.9 Å². The molecule has 4 heterocycles. The summed E-state index contributed by atoms with van der Waals surface area (Å²) in [6.07, 6.45) is -4.72. The number of aryl methyl sites for hydroxylation is 4. The zero-order chi connectivity index (χ0) is 43.0. The van der Waals surface area contributed by atoms with Gasteiger partial charge in [0.1, 0.15) is 34.9 Å². The van der Waals surface area contributed by atoms with Crippen molar-refractivity contribution in [3.8, 4) is 57.4 Å². The lowest BCUT2D eigenvalue weighted by atomic mass is 9.96. The fourth-order valence-corrected chi connectivity index (χ4v) is 8.50. The number of para-hydroxylation sites is 2. The molecule has 0 unspecified atom stereocenters. The SMILES string of the molecule is Cc1nc(C)nc(-c2ccc3c(c2)c2ccccc2n3-c2cc(-c3cc(C#N)cc(C(F)(F)F)c3)cc(-n3c4ccccc4c4cc(-c5nc(C)nc(C)n5)ccc43)c2C#N)n1. The second-order valence-electron chi connectivity index (χ2n) is 15.1. The van der Waals surface area contributed by atoms with Crippen LogP contribution in [0.25, 0.3) is 88.9 Å². The molecule has 0 atom stereocenters. The molecule has 6 aromatic carbocycles. The van der Waals surface area contributed by atoms with E-state index in [4.69, 9.17) is 0 Å². The molecule has 13 heteroatoms. The highest BCUT2D eigenvalue weighted by atomic mass is 19.4. The Bertz CT molecular complexity index is 3370. The Labute approximate surface area is 351 Å². The van der Waals surface area contributed by atoms with Crippen LogP contribution < -0.4 is 0 Å². The molecule has 0 amide bonds. The van der Waals surface area contributed by atoms with E-state index in [9.17, 15) is 23.7 Å². The maximum Gasteiger partial charge on any atom is 0.416 e. The molecule has 10 rings (SSSR count). The lowest BCUT2D eigenvalue weighted by Crippen LogP contribution is -2.07. The molecule has 0 N–H and O–H groups in total. The predicted octanol–water partition coefficient (Wildman–Crippen LogP) is 11.2. The number of halogens is 3. The third-order valence-electron chi connectivity index (χ3n) is 11.0. The fraction of sp³-hybridized carbons (Fsp3) is 0.102. The van der Waals surface area contributed by atoms with E-state index in [0.29, 0.717) is 51.9 Å². The minimum absolute atomic E-state index is 0.149. The Morgan fingerprint density at radius 2 is 0.887 bits per heavy atom. The Morgan fingerprint density at radius 3 is 1.32 bits per heavy atom. The van der Waals surface area contributed by atoms with Gasteiger partial charge in [0.2, 0.25) is 0 Å². The van der Waals surface area contributed by atoms with E-state index in [1.165, 1.54) is 6.07 Å². The van der Waals surface area contributed by atoms with Crippen LogP contribution in [0.15, 0.2) is 115 Å². The molecular formula is C49H31F3N10. The monoisotopic (exact) mass is 816 g/mol. The normalized spacial score (nSPS) is 11.8. The lowest BCUT2D eigenvalue weighted by Gasteiger charge is -2.19. The average molecular weight is 817 g/mol. The summed E-state index contributed by atoms with van der Waals surface area (Å²) in [6.45, 7) is 7.25. The van der Waals surface area contributed by atoms with Gasteiger partial charge in [-0.15, -0.1) is 0 Å². The van der Waals surface area contributed by atoms with E-state index >= 15 is 0 Å². The van der Waals surface area contributed by atoms with Gasteiger partial charge in [0.15, 0.2) is 11.6 Å². The second-order valence-corrected chi connectivity index (χ2v) is 15.1. The molecule has 298 valence electrons. The Kier molecular flexibility index (Phi) is 8.68. The molecule has 0 saturated heterocycles. The molecule has 10 aromatic rings. The van der Waals surface area contributed by atoms with Gasteiger partial charge in [0, 0.05) is 32.7 Å². The van der Waals surface area contributed by atoms with Gasteiger partial charge in [0.05, 0.1) is 50.6 Å². The number of hydrogen-bond acceptors (Lipinski definition) is 8. The number of alkyl halides is 3. The zero-order valence-electron chi connectivity index (χ0n) is 33.6. The molecule has 4 aromatic heterocycles. The van der Waals surface area contributed by atoms with Crippen LogP contribution in [0.3, 0.4) is 0 Å². The highest BCUT2D eigenvalue weighted by Gasteiger charge is 2.32. The van der Waals surface area contributed by atoms with E-state index in [1.54, 1.807) is 12.1 Å². The highest BCUT2D eigenvalue weighted by molar-refractivity contribution is 6.12. The van der Waals surface area contributed by atoms with Gasteiger partial charge in [-0.3, -0.25) is 0 Å². The summed E-state index contributed by atoms with van der Waals surface area (Å²) in [5.41, 5.74) is 5.11. The smallest absolute Gasteiger partial charge is 0.308 e. The first-order chi connectivity index (χ1) is 29.9. The van der Waals surface area contributed by atoms with E-state index in [-0.39, 0.29) is 16.7 Å². The van der Waals surface area contributed by atoms with Crippen molar-refractivity contribution in [2.45, 2.75) is 33.9 Å². The first kappa shape index (κ1) is 37.9. The van der Waals surface area contributed by atoms with Crippen LogP contribution in [0, 0.1) is 50.4 Å². The molecule has 0 aliphatic heterocycles. The molecule has 10 nitrogen and oxygen atoms in total. The van der Waals surface area contributed by atoms with Gasteiger partial charge < -0.3 is 9.13 Å². The standard InChI is InChI=1S/C49H31F3N10/c1-26-55-27(2)58-47(57-26)31-13-15-43-38(20-31)36-9-5-7-11-41(36)61(43)45-22-34(33-17-30(24-53)18-35(19-33)49(50,51)52)23-46(40(45)25-54)62-42-12-8-6-10-37(42)39-21-32(14-16-44(39)62)48-59-28(3)56-29(4)60-48/h5-23H,1-4H3. The largest absolute Gasteiger partial charge is 0.416 e. The van der Waals surface area contributed by atoms with Gasteiger partial charge in [-0.05, 0) is 118 Å². The van der Waals surface area contributed by atoms with Crippen LogP contribution in [0.4, 0.5) is 13.2 Å². The number of benzene rings is 6. The first-order valence-electron chi connectivity index (χ1n) is 19.6. The summed E-state index contributed by atoms with van der Waals surface area (Å²) in [5, 5.41) is 24.8. The Hall–Kier alpha value is -8.29. The maximum atomic E-state index is 14.4. The second kappa shape index (κ2) is 14.2. The summed E-state index contributed by atoms with van der Waals surface area (Å²) < 4.78 is 47.3. The summed E-state index contributed by atoms with van der Waals surface area (Å²) in [7, 11) is 0. The van der Waals surface area contributed by atoms with Crippen molar-refractivity contribution in [1.29, 1.82) is 10.5 Å². The molecule has 0 radical (unpaired) electrons. The van der Waals surface area contributed by atoms with Crippen molar-refractivity contribution in [2.75, 3.05) is 0 Å². The Balaban J connectivity index is 1.31. The van der Waals surface area contributed by atoms with Crippen molar-refractivity contribution in [2.24, 2.45) is 0 Å². The molecule has 0 spiro atoms. The number of rotatable bonds is 5. The fourth-order valence-electron chi connectivity index (χ4n) is 8.50. The van der Waals surface area contributed by atoms with E-state index in [1.807, 2.05) is 128 Å². The number of aromatic nitrogens is 8. The highest BCUT2D eigenvalue weighted by Crippen LogP contribution is 2.42. The molecule has 0 saturated carbocycles. The molecule has 0 aliphatic carbocycles. The lowest BCUT2D eigenvalue weighted by molar-refractivity contribution is -0.137. The zero-order valence-corrected chi connectivity index (χ0v) is 33.6. The van der Waals surface area contributed by atoms with Crippen LogP contribution >= 0.6 is 0 Å². The van der Waals surface area contributed by atoms with Crippen LogP contribution in [0.1, 0.15) is 40.0 Å². The van der Waals surface area contributed by atoms with Crippen molar-refractivity contribution < 1.29 is 13.2 Å². The minimum Gasteiger partial charge on any atom is -0.308 e. The predicted molar refractivity (Wildman–Crippen MR) is 232 cm³/mol. The summed E-state index contributed by atoms with van der Waals surface area (Å²) >= 11 is 0. The molecule has 0 fully saturated rings. The number of hydrogen-bond donors (Lipinski definition) is 0. The summed E-state index contributed by atoms with van der Waals surface area (Å²) in [4.78, 5) is 27.1. The van der Waals surface area contributed by atoms with Crippen LogP contribution in [0.5, 0.6) is 0 Å². The van der Waals surface area contributed by atoms with E-state index in [2.05, 4.69) is 36.0 Å². The van der Waals surface area contributed by atoms with Crippen molar-refractivity contribution in [1.82, 2.24) is 39.0 Å². The third-order valence-corrected chi connectivity index (χ3v) is 11.0. The van der Waals surface area contributed by atoms with Crippen molar-refractivity contribution in [3.05, 3.63) is 155 Å². The molecule has 0 aliphatic rings. The molecule has 62 heavy (non-hydrogen) atoms. The van der Waals surface area contributed by atoms with Crippen LogP contribution in [0.2, 0.25) is 0 Å². The van der Waals surface area contributed by atoms with Crippen molar-refractivity contribution >= 4 is 43.6 Å². The summed E-state index contributed by atoms with van der Waals surface area (Å²) in [6, 6.07) is 38.5. The van der Waals surface area contributed by atoms with E-state index in [0.717, 1.165) is 66.9 Å². The van der Waals surface area contributed by atoms with Crippen molar-refractivity contribution in [3.63, 3.8) is 0 Å². The van der Waals surface area contributed by atoms with Gasteiger partial charge in [-0.2, -0.15) is 23.7 Å². The van der Waals surface area contributed by atoms with Crippen LogP contribution in [-0.2, 0) is 6.18 Å². The molecule has 0 bridgehead atoms. The number of fused-ring (bicyclic) bond motifs is 6. The van der Waals surface area contributed by atoms with E-state index < -0.39 is 11.7 Å². The maximum absolute atomic E-state index is 14.4. The van der Waals surface area contributed by atoms with Crippen LogP contribution in [-0.4, -0.2) is 39.0 Å². The topological polar surface area (TPSA) is 135 Å². The van der Waals surface area contributed by atoms with Gasteiger partial charge in [0.25, 0.3) is 0 Å². The number of nitriles is 2. The van der Waals surface area contributed by atoms with Gasteiger partial charge in [-0.1, -0.05) is 36.4 Å².